The Labute approximate surface area is 289 Å². The highest BCUT2D eigenvalue weighted by Crippen LogP contribution is 2.29. The molecule has 0 aliphatic carbocycles. The van der Waals surface area contributed by atoms with Gasteiger partial charge in [-0.25, -0.2) is 13.2 Å². The Balaban J connectivity index is 1.63. The minimum absolute atomic E-state index is 0.0668. The number of hydrogen-bond acceptors (Lipinski definition) is 9. The molecule has 0 bridgehead atoms. The summed E-state index contributed by atoms with van der Waals surface area (Å²) in [6.45, 7) is 11.2. The van der Waals surface area contributed by atoms with Gasteiger partial charge in [0.15, 0.2) is 5.76 Å². The van der Waals surface area contributed by atoms with E-state index in [0.29, 0.717) is 41.6 Å². The van der Waals surface area contributed by atoms with Crippen molar-refractivity contribution in [1.29, 1.82) is 0 Å². The predicted molar refractivity (Wildman–Crippen MR) is 186 cm³/mol. The third kappa shape index (κ3) is 9.59. The van der Waals surface area contributed by atoms with Gasteiger partial charge in [-0.3, -0.25) is 4.79 Å². The number of ether oxygens (including phenoxy) is 2. The molecule has 14 heteroatoms. The van der Waals surface area contributed by atoms with E-state index in [1.54, 1.807) is 68.1 Å². The van der Waals surface area contributed by atoms with Gasteiger partial charge in [-0.1, -0.05) is 29.8 Å². The van der Waals surface area contributed by atoms with Crippen LogP contribution in [0.1, 0.15) is 67.4 Å². The van der Waals surface area contributed by atoms with Crippen LogP contribution in [0, 0.1) is 26.7 Å². The first kappa shape index (κ1) is 37.8. The second-order valence-electron chi connectivity index (χ2n) is 12.9. The number of amides is 3. The van der Waals surface area contributed by atoms with Gasteiger partial charge in [0.2, 0.25) is 10.0 Å². The average molecular weight is 700 g/mol. The lowest BCUT2D eigenvalue weighted by Crippen LogP contribution is -2.48. The van der Waals surface area contributed by atoms with E-state index in [1.165, 1.54) is 11.4 Å². The van der Waals surface area contributed by atoms with Crippen LogP contribution in [-0.4, -0.2) is 91.4 Å². The zero-order valence-electron chi connectivity index (χ0n) is 29.4. The summed E-state index contributed by atoms with van der Waals surface area (Å²) >= 11 is 0. The molecule has 268 valence electrons. The van der Waals surface area contributed by atoms with Crippen molar-refractivity contribution in [2.45, 2.75) is 84.0 Å². The Morgan fingerprint density at radius 1 is 1.10 bits per heavy atom. The standard InChI is InChI=1S/C35H49N5O8S/c1-22-11-14-29(15-12-22)49(44,45)39(7)20-32-23(2)19-40(24(3)21-41)34(42)30-18-28(36-35(43)37-33-26(5)38-48-27(33)6)13-16-31(30)47-25(4)10-8-9-17-46-32/h11-16,18,23-25,32,41H,8-10,17,19-21H2,1-7H3,(H2,36,37,43)/t23-,24-,25+,32-/m0/s1. The number of aliphatic hydroxyl groups is 1. The molecule has 0 unspecified atom stereocenters. The number of hydrogen-bond donors (Lipinski definition) is 3. The largest absolute Gasteiger partial charge is 0.490 e. The van der Waals surface area contributed by atoms with E-state index in [1.807, 2.05) is 20.8 Å². The summed E-state index contributed by atoms with van der Waals surface area (Å²) in [6.07, 6.45) is 1.42. The zero-order chi connectivity index (χ0) is 35.9. The quantitative estimate of drug-likeness (QED) is 0.281. The molecular weight excluding hydrogens is 650 g/mol. The van der Waals surface area contributed by atoms with Crippen LogP contribution in [-0.2, 0) is 14.8 Å². The number of urea groups is 1. The van der Waals surface area contributed by atoms with E-state index in [2.05, 4.69) is 15.8 Å². The van der Waals surface area contributed by atoms with Crippen molar-refractivity contribution in [2.75, 3.05) is 44.0 Å². The van der Waals surface area contributed by atoms with Crippen molar-refractivity contribution in [3.8, 4) is 5.75 Å². The first-order valence-electron chi connectivity index (χ1n) is 16.6. The molecule has 2 heterocycles. The van der Waals surface area contributed by atoms with Crippen LogP contribution >= 0.6 is 0 Å². The third-order valence-electron chi connectivity index (χ3n) is 8.75. The summed E-state index contributed by atoms with van der Waals surface area (Å²) in [4.78, 5) is 29.0. The number of carbonyl (C=O) groups is 2. The molecule has 0 saturated heterocycles. The number of aryl methyl sites for hydroxylation is 3. The number of anilines is 2. The Bertz CT molecular complexity index is 1670. The van der Waals surface area contributed by atoms with Crippen LogP contribution in [0.5, 0.6) is 5.75 Å². The van der Waals surface area contributed by atoms with E-state index in [0.717, 1.165) is 18.4 Å². The lowest BCUT2D eigenvalue weighted by atomic mass is 10.0. The molecule has 0 fully saturated rings. The van der Waals surface area contributed by atoms with E-state index in [-0.39, 0.29) is 42.2 Å². The molecule has 3 aromatic rings. The normalized spacial score (nSPS) is 20.2. The molecule has 0 spiro atoms. The first-order valence-corrected chi connectivity index (χ1v) is 18.0. The number of aliphatic hydroxyl groups excluding tert-OH is 1. The van der Waals surface area contributed by atoms with Gasteiger partial charge in [-0.05, 0) is 84.2 Å². The van der Waals surface area contributed by atoms with Crippen LogP contribution in [0.2, 0.25) is 0 Å². The summed E-state index contributed by atoms with van der Waals surface area (Å²) in [6, 6.07) is 10.4. The summed E-state index contributed by atoms with van der Waals surface area (Å²) in [5, 5.41) is 19.6. The number of rotatable bonds is 8. The maximum absolute atomic E-state index is 14.4. The lowest BCUT2D eigenvalue weighted by molar-refractivity contribution is -0.00833. The van der Waals surface area contributed by atoms with Crippen LogP contribution < -0.4 is 15.4 Å². The van der Waals surface area contributed by atoms with Gasteiger partial charge in [0.25, 0.3) is 5.91 Å². The number of nitrogens with one attached hydrogen (secondary N) is 2. The Morgan fingerprint density at radius 3 is 2.47 bits per heavy atom. The maximum Gasteiger partial charge on any atom is 0.323 e. The van der Waals surface area contributed by atoms with Crippen molar-refractivity contribution >= 4 is 33.3 Å². The molecule has 0 radical (unpaired) electrons. The van der Waals surface area contributed by atoms with E-state index in [9.17, 15) is 23.1 Å². The predicted octanol–water partition coefficient (Wildman–Crippen LogP) is 5.36. The monoisotopic (exact) mass is 699 g/mol. The number of likely N-dealkylation sites (N-methyl/N-ethyl adjacent to an activating group) is 1. The molecule has 3 amide bonds. The minimum Gasteiger partial charge on any atom is -0.490 e. The Hall–Kier alpha value is -3.98. The van der Waals surface area contributed by atoms with Crippen molar-refractivity contribution in [3.05, 3.63) is 65.0 Å². The molecule has 0 saturated carbocycles. The molecule has 49 heavy (non-hydrogen) atoms. The van der Waals surface area contributed by atoms with E-state index >= 15 is 0 Å². The maximum atomic E-state index is 14.4. The highest BCUT2D eigenvalue weighted by Gasteiger charge is 2.32. The van der Waals surface area contributed by atoms with Gasteiger partial charge >= 0.3 is 6.03 Å². The molecular formula is C35H49N5O8S. The number of carbonyl (C=O) groups excluding carboxylic acids is 2. The van der Waals surface area contributed by atoms with Crippen molar-refractivity contribution in [3.63, 3.8) is 0 Å². The Kier molecular flexibility index (Phi) is 12.8. The molecule has 4 atom stereocenters. The van der Waals surface area contributed by atoms with Gasteiger partial charge in [-0.2, -0.15) is 4.31 Å². The molecule has 1 aliphatic rings. The first-order chi connectivity index (χ1) is 23.2. The third-order valence-corrected chi connectivity index (χ3v) is 10.6. The molecule has 4 rings (SSSR count). The molecule has 13 nitrogen and oxygen atoms in total. The fourth-order valence-corrected chi connectivity index (χ4v) is 6.83. The summed E-state index contributed by atoms with van der Waals surface area (Å²) in [5.74, 6) is 0.0629. The van der Waals surface area contributed by atoms with Crippen molar-refractivity contribution < 1.29 is 37.1 Å². The number of benzene rings is 2. The average Bonchev–Trinajstić information content (AvgIpc) is 3.38. The van der Waals surface area contributed by atoms with Crippen LogP contribution in [0.15, 0.2) is 51.9 Å². The number of sulfonamides is 1. The number of fused-ring (bicyclic) bond motifs is 1. The van der Waals surface area contributed by atoms with Gasteiger partial charge in [-0.15, -0.1) is 0 Å². The fourth-order valence-electron chi connectivity index (χ4n) is 5.64. The van der Waals surface area contributed by atoms with Crippen molar-refractivity contribution in [1.82, 2.24) is 14.4 Å². The molecule has 1 aliphatic heterocycles. The van der Waals surface area contributed by atoms with Gasteiger partial charge in [0.1, 0.15) is 17.1 Å². The Morgan fingerprint density at radius 2 is 1.82 bits per heavy atom. The van der Waals surface area contributed by atoms with Crippen molar-refractivity contribution in [2.24, 2.45) is 5.92 Å². The van der Waals surface area contributed by atoms with E-state index in [4.69, 9.17) is 14.0 Å². The fraction of sp³-hybridized carbons (Fsp3) is 0.514. The van der Waals surface area contributed by atoms with Crippen LogP contribution in [0.4, 0.5) is 16.2 Å². The van der Waals surface area contributed by atoms with Gasteiger partial charge in [0, 0.05) is 38.3 Å². The minimum atomic E-state index is -3.80. The molecule has 1 aromatic heterocycles. The zero-order valence-corrected chi connectivity index (χ0v) is 30.2. The summed E-state index contributed by atoms with van der Waals surface area (Å²) in [7, 11) is -2.27. The van der Waals surface area contributed by atoms with Crippen LogP contribution in [0.3, 0.4) is 0 Å². The second-order valence-corrected chi connectivity index (χ2v) is 14.9. The van der Waals surface area contributed by atoms with Gasteiger partial charge < -0.3 is 34.6 Å². The lowest BCUT2D eigenvalue weighted by Gasteiger charge is -2.35. The second kappa shape index (κ2) is 16.6. The van der Waals surface area contributed by atoms with E-state index < -0.39 is 34.1 Å². The van der Waals surface area contributed by atoms with Gasteiger partial charge in [0.05, 0.1) is 35.3 Å². The summed E-state index contributed by atoms with van der Waals surface area (Å²) in [5.41, 5.74) is 2.50. The highest BCUT2D eigenvalue weighted by atomic mass is 32.2. The topological polar surface area (TPSA) is 164 Å². The van der Waals surface area contributed by atoms with Crippen LogP contribution in [0.25, 0.3) is 0 Å². The SMILES string of the molecule is Cc1ccc(S(=O)(=O)N(C)C[C@@H]2OCCCC[C@@H](C)Oc3ccc(NC(=O)Nc4c(C)noc4C)cc3C(=O)N([C@@H](C)CO)C[C@@H]2C)cc1. The molecule has 2 aromatic carbocycles. The summed E-state index contributed by atoms with van der Waals surface area (Å²) < 4.78 is 46.0. The smallest absolute Gasteiger partial charge is 0.323 e. The molecule has 3 N–H and O–H groups in total. The number of nitrogens with zero attached hydrogens (tertiary/aromatic N) is 3. The number of aromatic nitrogens is 1. The highest BCUT2D eigenvalue weighted by molar-refractivity contribution is 7.89.